The summed E-state index contributed by atoms with van der Waals surface area (Å²) in [4.78, 5) is 10.1. The first-order valence-corrected chi connectivity index (χ1v) is 3.48. The Balaban J connectivity index is 2.71. The zero-order valence-electron chi connectivity index (χ0n) is 6.63. The minimum absolute atomic E-state index is 0.508. The summed E-state index contributed by atoms with van der Waals surface area (Å²) < 4.78 is 0. The fourth-order valence-electron chi connectivity index (χ4n) is 0.838. The number of carbonyl (C=O) groups is 1. The van der Waals surface area contributed by atoms with Gasteiger partial charge in [-0.15, -0.1) is 0 Å². The molecule has 0 atom stereocenters. The molecule has 1 rings (SSSR count). The Kier molecular flexibility index (Phi) is 2.53. The number of hydrogen-bond donors (Lipinski definition) is 2. The molecule has 2 N–H and O–H groups in total. The van der Waals surface area contributed by atoms with Crippen LogP contribution >= 0.6 is 0 Å². The van der Waals surface area contributed by atoms with Crippen molar-refractivity contribution >= 4 is 17.5 Å². The lowest BCUT2D eigenvalue weighted by molar-refractivity contribution is 0.185. The zero-order valence-corrected chi connectivity index (χ0v) is 6.63. The highest BCUT2D eigenvalue weighted by molar-refractivity contribution is 5.82. The molecule has 12 heavy (non-hydrogen) atoms. The first-order chi connectivity index (χ1) is 5.72. The molecule has 0 aliphatic carbocycles. The molecule has 1 aromatic rings. The molecule has 1 aromatic carbocycles. The average molecular weight is 165 g/mol. The van der Waals surface area contributed by atoms with Crippen LogP contribution in [0.15, 0.2) is 24.3 Å². The minimum atomic E-state index is -1.30. The molecule has 63 valence electrons. The van der Waals surface area contributed by atoms with Gasteiger partial charge in [-0.25, -0.2) is 9.90 Å². The summed E-state index contributed by atoms with van der Waals surface area (Å²) in [6, 6.07) is 6.85. The molecule has 0 aromatic heterocycles. The summed E-state index contributed by atoms with van der Waals surface area (Å²) in [5, 5.41) is 15.1. The van der Waals surface area contributed by atoms with Gasteiger partial charge in [0.15, 0.2) is 0 Å². The average Bonchev–Trinajstić information content (AvgIpc) is 2.05. The minimum Gasteiger partial charge on any atom is -0.388 e. The summed E-state index contributed by atoms with van der Waals surface area (Å²) >= 11 is 0. The summed E-state index contributed by atoms with van der Waals surface area (Å²) in [6.45, 7) is 0. The SMILES string of the molecule is CNc1ccc(NC([O])=O)cc1. The molecular formula is C8H9N2O2. The number of hydrogen-bond acceptors (Lipinski definition) is 2. The van der Waals surface area contributed by atoms with Crippen LogP contribution in [-0.4, -0.2) is 13.1 Å². The highest BCUT2D eigenvalue weighted by Gasteiger charge is 1.98. The second-order valence-electron chi connectivity index (χ2n) is 2.24. The topological polar surface area (TPSA) is 61.0 Å². The Morgan fingerprint density at radius 3 is 2.08 bits per heavy atom. The van der Waals surface area contributed by atoms with Gasteiger partial charge in [0.25, 0.3) is 0 Å². The van der Waals surface area contributed by atoms with Gasteiger partial charge >= 0.3 is 6.09 Å². The molecular weight excluding hydrogens is 156 g/mol. The first kappa shape index (κ1) is 8.39. The highest BCUT2D eigenvalue weighted by atomic mass is 16.4. The third-order valence-electron chi connectivity index (χ3n) is 1.42. The van der Waals surface area contributed by atoms with Crippen molar-refractivity contribution in [2.75, 3.05) is 17.7 Å². The van der Waals surface area contributed by atoms with Crippen LogP contribution in [0.4, 0.5) is 16.2 Å². The van der Waals surface area contributed by atoms with Crippen LogP contribution < -0.4 is 10.6 Å². The fraction of sp³-hybridized carbons (Fsp3) is 0.125. The van der Waals surface area contributed by atoms with Crippen LogP contribution in [0.2, 0.25) is 0 Å². The Hall–Kier alpha value is -1.71. The summed E-state index contributed by atoms with van der Waals surface area (Å²) in [5.74, 6) is 0. The summed E-state index contributed by atoms with van der Waals surface area (Å²) in [7, 11) is 1.79. The number of rotatable bonds is 2. The molecule has 4 nitrogen and oxygen atoms in total. The third-order valence-corrected chi connectivity index (χ3v) is 1.42. The maximum absolute atomic E-state index is 10.1. The van der Waals surface area contributed by atoms with E-state index in [9.17, 15) is 9.90 Å². The van der Waals surface area contributed by atoms with Crippen LogP contribution in [-0.2, 0) is 5.11 Å². The molecule has 1 radical (unpaired) electrons. The Morgan fingerprint density at radius 1 is 1.17 bits per heavy atom. The monoisotopic (exact) mass is 165 g/mol. The molecule has 0 bridgehead atoms. The van der Waals surface area contributed by atoms with Gasteiger partial charge in [-0.3, -0.25) is 5.32 Å². The highest BCUT2D eigenvalue weighted by Crippen LogP contribution is 2.12. The summed E-state index contributed by atoms with van der Waals surface area (Å²) in [5.41, 5.74) is 1.44. The van der Waals surface area contributed by atoms with Gasteiger partial charge in [-0.05, 0) is 24.3 Å². The molecule has 0 saturated heterocycles. The quantitative estimate of drug-likeness (QED) is 0.700. The van der Waals surface area contributed by atoms with Crippen LogP contribution in [0.3, 0.4) is 0 Å². The van der Waals surface area contributed by atoms with E-state index < -0.39 is 6.09 Å². The Labute approximate surface area is 70.2 Å². The molecule has 0 aliphatic rings. The van der Waals surface area contributed by atoms with Crippen molar-refractivity contribution in [1.82, 2.24) is 0 Å². The van der Waals surface area contributed by atoms with E-state index in [-0.39, 0.29) is 0 Å². The number of benzene rings is 1. The predicted molar refractivity (Wildman–Crippen MR) is 45.7 cm³/mol. The lowest BCUT2D eigenvalue weighted by Gasteiger charge is -2.01. The predicted octanol–water partition coefficient (Wildman–Crippen LogP) is 1.69. The van der Waals surface area contributed by atoms with Crippen molar-refractivity contribution in [3.63, 3.8) is 0 Å². The second-order valence-corrected chi connectivity index (χ2v) is 2.24. The normalized spacial score (nSPS) is 9.08. The molecule has 0 heterocycles. The van der Waals surface area contributed by atoms with E-state index in [0.29, 0.717) is 5.69 Å². The van der Waals surface area contributed by atoms with E-state index >= 15 is 0 Å². The third kappa shape index (κ3) is 2.16. The van der Waals surface area contributed by atoms with E-state index in [0.717, 1.165) is 5.69 Å². The maximum atomic E-state index is 10.1. The van der Waals surface area contributed by atoms with Crippen molar-refractivity contribution in [2.45, 2.75) is 0 Å². The van der Waals surface area contributed by atoms with Gasteiger partial charge in [0.05, 0.1) is 0 Å². The van der Waals surface area contributed by atoms with Crippen LogP contribution in [0.1, 0.15) is 0 Å². The van der Waals surface area contributed by atoms with Gasteiger partial charge in [0.2, 0.25) is 0 Å². The number of amides is 1. The van der Waals surface area contributed by atoms with E-state index in [1.54, 1.807) is 31.3 Å². The molecule has 0 unspecified atom stereocenters. The van der Waals surface area contributed by atoms with Gasteiger partial charge in [-0.1, -0.05) is 0 Å². The Morgan fingerprint density at radius 2 is 1.67 bits per heavy atom. The number of anilines is 2. The molecule has 0 spiro atoms. The second kappa shape index (κ2) is 3.61. The summed E-state index contributed by atoms with van der Waals surface area (Å²) in [6.07, 6.45) is -1.30. The van der Waals surface area contributed by atoms with Gasteiger partial charge < -0.3 is 5.32 Å². The standard InChI is InChI=1S/C8H9N2O2/c1-9-6-2-4-7(5-3-6)10-8(11)12/h2-5,9-10H,1H3. The lowest BCUT2D eigenvalue weighted by atomic mass is 10.3. The maximum Gasteiger partial charge on any atom is 0.454 e. The van der Waals surface area contributed by atoms with Crippen molar-refractivity contribution in [3.05, 3.63) is 24.3 Å². The van der Waals surface area contributed by atoms with Crippen molar-refractivity contribution in [3.8, 4) is 0 Å². The van der Waals surface area contributed by atoms with Gasteiger partial charge in [0.1, 0.15) is 0 Å². The van der Waals surface area contributed by atoms with Crippen molar-refractivity contribution in [2.24, 2.45) is 0 Å². The van der Waals surface area contributed by atoms with E-state index in [2.05, 4.69) is 10.6 Å². The van der Waals surface area contributed by atoms with E-state index in [1.807, 2.05) is 0 Å². The molecule has 0 saturated carbocycles. The largest absolute Gasteiger partial charge is 0.454 e. The van der Waals surface area contributed by atoms with Crippen molar-refractivity contribution in [1.29, 1.82) is 0 Å². The fourth-order valence-corrected chi connectivity index (χ4v) is 0.838. The molecule has 0 aliphatic heterocycles. The Bertz CT molecular complexity index is 269. The smallest absolute Gasteiger partial charge is 0.388 e. The van der Waals surface area contributed by atoms with Crippen LogP contribution in [0.5, 0.6) is 0 Å². The number of nitrogens with one attached hydrogen (secondary N) is 2. The molecule has 0 fully saturated rings. The van der Waals surface area contributed by atoms with Crippen LogP contribution in [0.25, 0.3) is 0 Å². The molecule has 1 amide bonds. The zero-order chi connectivity index (χ0) is 8.97. The van der Waals surface area contributed by atoms with E-state index in [1.165, 1.54) is 0 Å². The van der Waals surface area contributed by atoms with Crippen molar-refractivity contribution < 1.29 is 9.90 Å². The first-order valence-electron chi connectivity index (χ1n) is 3.48. The number of carbonyl (C=O) groups excluding carboxylic acids is 1. The van der Waals surface area contributed by atoms with Gasteiger partial charge in [-0.2, -0.15) is 0 Å². The van der Waals surface area contributed by atoms with E-state index in [4.69, 9.17) is 0 Å². The molecule has 4 heteroatoms. The lowest BCUT2D eigenvalue weighted by Crippen LogP contribution is -2.05. The van der Waals surface area contributed by atoms with Gasteiger partial charge in [0, 0.05) is 18.4 Å². The van der Waals surface area contributed by atoms with Crippen LogP contribution in [0, 0.1) is 0 Å².